The van der Waals surface area contributed by atoms with Crippen LogP contribution in [0.5, 0.6) is 11.5 Å². The molecule has 0 N–H and O–H groups in total. The maximum absolute atomic E-state index is 13.9. The molecule has 4 aromatic carbocycles. The van der Waals surface area contributed by atoms with Gasteiger partial charge in [0.25, 0.3) is 11.8 Å². The molecule has 5 rings (SSSR count). The number of ether oxygens (including phenoxy) is 2. The van der Waals surface area contributed by atoms with Crippen LogP contribution in [0.1, 0.15) is 22.3 Å². The van der Waals surface area contributed by atoms with Gasteiger partial charge in [0.05, 0.1) is 23.0 Å². The van der Waals surface area contributed by atoms with Crippen LogP contribution in [0.3, 0.4) is 0 Å². The molecule has 0 atom stereocenters. The molecule has 1 aliphatic rings. The largest absolute Gasteiger partial charge is 0.493 e. The van der Waals surface area contributed by atoms with Crippen molar-refractivity contribution in [3.05, 3.63) is 123 Å². The van der Waals surface area contributed by atoms with Gasteiger partial charge >= 0.3 is 0 Å². The number of rotatable bonds is 7. The quantitative estimate of drug-likeness (QED) is 0.121. The Kier molecular flexibility index (Phi) is 8.33. The average molecular weight is 628 g/mol. The molecular weight excluding hydrogens is 600 g/mol. The summed E-state index contributed by atoms with van der Waals surface area (Å²) in [5, 5.41) is 0.0910. The lowest BCUT2D eigenvalue weighted by Gasteiger charge is -2.36. The molecule has 2 amide bonds. The van der Waals surface area contributed by atoms with Crippen LogP contribution in [-0.4, -0.2) is 24.0 Å². The van der Waals surface area contributed by atoms with Gasteiger partial charge in [-0.15, -0.1) is 0 Å². The Hall–Kier alpha value is -4.27. The molecule has 41 heavy (non-hydrogen) atoms. The van der Waals surface area contributed by atoms with E-state index in [2.05, 4.69) is 15.9 Å². The van der Waals surface area contributed by atoms with Crippen molar-refractivity contribution in [1.82, 2.24) is 0 Å². The van der Waals surface area contributed by atoms with E-state index in [9.17, 15) is 9.59 Å². The van der Waals surface area contributed by atoms with Crippen molar-refractivity contribution >= 4 is 62.5 Å². The zero-order chi connectivity index (χ0) is 29.1. The van der Waals surface area contributed by atoms with E-state index in [-0.39, 0.29) is 10.7 Å². The first-order chi connectivity index (χ1) is 19.8. The van der Waals surface area contributed by atoms with E-state index in [1.807, 2.05) is 92.7 Å². The number of hydrogen-bond donors (Lipinski definition) is 0. The molecule has 0 spiro atoms. The normalized spacial score (nSPS) is 13.5. The third-order valence-electron chi connectivity index (χ3n) is 6.62. The Morgan fingerprint density at radius 1 is 0.805 bits per heavy atom. The second-order valence-electron chi connectivity index (χ2n) is 9.60. The molecule has 0 aromatic heterocycles. The van der Waals surface area contributed by atoms with Crippen LogP contribution < -0.4 is 19.3 Å². The summed E-state index contributed by atoms with van der Waals surface area (Å²) in [6.45, 7) is 4.28. The smallest absolute Gasteiger partial charge is 0.270 e. The third kappa shape index (κ3) is 5.94. The van der Waals surface area contributed by atoms with E-state index >= 15 is 0 Å². The molecule has 8 heteroatoms. The molecule has 1 fully saturated rings. The fraction of sp³-hybridized carbons (Fsp3) is 0.121. The number of hydrogen-bond acceptors (Lipinski definition) is 5. The van der Waals surface area contributed by atoms with Crippen LogP contribution in [0, 0.1) is 13.8 Å². The van der Waals surface area contributed by atoms with Gasteiger partial charge in [-0.05, 0) is 95.6 Å². The van der Waals surface area contributed by atoms with Gasteiger partial charge in [0.2, 0.25) is 0 Å². The number of amides is 2. The SMILES string of the molecule is COc1cc(C=C2C(=O)N(c3ccc(C)cc3)C(=S)N(c3ccc(C)cc3)C2=O)cc(Br)c1OCc1ccccc1. The van der Waals surface area contributed by atoms with Crippen molar-refractivity contribution < 1.29 is 19.1 Å². The number of thiocarbonyl (C=S) groups is 1. The minimum atomic E-state index is -0.508. The minimum Gasteiger partial charge on any atom is -0.493 e. The van der Waals surface area contributed by atoms with E-state index < -0.39 is 11.8 Å². The summed E-state index contributed by atoms with van der Waals surface area (Å²) in [4.78, 5) is 30.6. The summed E-state index contributed by atoms with van der Waals surface area (Å²) in [6, 6.07) is 28.2. The van der Waals surface area contributed by atoms with E-state index in [1.165, 1.54) is 9.80 Å². The molecular formula is C33H27BrN2O4S. The van der Waals surface area contributed by atoms with Crippen molar-refractivity contribution in [2.24, 2.45) is 0 Å². The van der Waals surface area contributed by atoms with Gasteiger partial charge in [-0.25, -0.2) is 0 Å². The third-order valence-corrected chi connectivity index (χ3v) is 7.58. The molecule has 0 aliphatic carbocycles. The maximum atomic E-state index is 13.9. The molecule has 6 nitrogen and oxygen atoms in total. The highest BCUT2D eigenvalue weighted by Gasteiger charge is 2.41. The number of aryl methyl sites for hydroxylation is 2. The summed E-state index contributed by atoms with van der Waals surface area (Å²) >= 11 is 9.32. The summed E-state index contributed by atoms with van der Waals surface area (Å²) in [5.41, 5.74) is 4.78. The van der Waals surface area contributed by atoms with Crippen LogP contribution >= 0.6 is 28.1 Å². The predicted molar refractivity (Wildman–Crippen MR) is 169 cm³/mol. The van der Waals surface area contributed by atoms with Crippen molar-refractivity contribution in [2.75, 3.05) is 16.9 Å². The molecule has 1 saturated heterocycles. The van der Waals surface area contributed by atoms with Gasteiger partial charge in [-0.1, -0.05) is 65.7 Å². The van der Waals surface area contributed by atoms with Crippen LogP contribution in [0.4, 0.5) is 11.4 Å². The van der Waals surface area contributed by atoms with E-state index in [0.717, 1.165) is 16.7 Å². The molecule has 206 valence electrons. The highest BCUT2D eigenvalue weighted by Crippen LogP contribution is 2.38. The first kappa shape index (κ1) is 28.3. The first-order valence-corrected chi connectivity index (χ1v) is 14.1. The van der Waals surface area contributed by atoms with Crippen LogP contribution in [0.25, 0.3) is 6.08 Å². The van der Waals surface area contributed by atoms with Gasteiger partial charge < -0.3 is 9.47 Å². The maximum Gasteiger partial charge on any atom is 0.270 e. The van der Waals surface area contributed by atoms with Gasteiger partial charge in [0, 0.05) is 0 Å². The van der Waals surface area contributed by atoms with Gasteiger partial charge in [-0.3, -0.25) is 19.4 Å². The Labute approximate surface area is 252 Å². The highest BCUT2D eigenvalue weighted by molar-refractivity contribution is 9.10. The average Bonchev–Trinajstić information content (AvgIpc) is 2.97. The summed E-state index contributed by atoms with van der Waals surface area (Å²) in [7, 11) is 1.54. The molecule has 0 bridgehead atoms. The van der Waals surface area contributed by atoms with Crippen LogP contribution in [-0.2, 0) is 16.2 Å². The van der Waals surface area contributed by atoms with Gasteiger partial charge in [0.1, 0.15) is 12.2 Å². The van der Waals surface area contributed by atoms with Crippen molar-refractivity contribution in [3.8, 4) is 11.5 Å². The Morgan fingerprint density at radius 2 is 1.34 bits per heavy atom. The first-order valence-electron chi connectivity index (χ1n) is 12.9. The highest BCUT2D eigenvalue weighted by atomic mass is 79.9. The summed E-state index contributed by atoms with van der Waals surface area (Å²) in [6.07, 6.45) is 1.56. The van der Waals surface area contributed by atoms with E-state index in [1.54, 1.807) is 25.3 Å². The lowest BCUT2D eigenvalue weighted by molar-refractivity contribution is -0.120. The number of methoxy groups -OCH3 is 1. The van der Waals surface area contributed by atoms with E-state index in [0.29, 0.717) is 39.5 Å². The number of halogens is 1. The van der Waals surface area contributed by atoms with Crippen LogP contribution in [0.15, 0.2) is 101 Å². The minimum absolute atomic E-state index is 0.0355. The number of carbonyl (C=O) groups excluding carboxylic acids is 2. The second kappa shape index (κ2) is 12.1. The molecule has 0 radical (unpaired) electrons. The monoisotopic (exact) mass is 626 g/mol. The Morgan fingerprint density at radius 3 is 1.85 bits per heavy atom. The zero-order valence-electron chi connectivity index (χ0n) is 22.8. The van der Waals surface area contributed by atoms with Gasteiger partial charge in [-0.2, -0.15) is 0 Å². The fourth-order valence-corrected chi connectivity index (χ4v) is 5.38. The Balaban J connectivity index is 1.56. The molecule has 4 aromatic rings. The number of anilines is 2. The lowest BCUT2D eigenvalue weighted by Crippen LogP contribution is -2.56. The standard InChI is InChI=1S/C33H27BrN2O4S/c1-21-9-13-25(14-10-21)35-31(37)27(32(38)36(33(35)41)26-15-11-22(2)12-16-26)17-24-18-28(34)30(29(19-24)39-3)40-20-23-7-5-4-6-8-23/h4-19H,20H2,1-3H3. The second-order valence-corrected chi connectivity index (χ2v) is 10.8. The predicted octanol–water partition coefficient (Wildman–Crippen LogP) is 7.40. The van der Waals surface area contributed by atoms with E-state index in [4.69, 9.17) is 21.7 Å². The van der Waals surface area contributed by atoms with Crippen molar-refractivity contribution in [3.63, 3.8) is 0 Å². The molecule has 0 unspecified atom stereocenters. The molecule has 1 heterocycles. The van der Waals surface area contributed by atoms with Crippen molar-refractivity contribution in [1.29, 1.82) is 0 Å². The number of nitrogens with zero attached hydrogens (tertiary/aromatic N) is 2. The summed E-state index contributed by atoms with van der Waals surface area (Å²) < 4.78 is 12.3. The number of benzene rings is 4. The summed E-state index contributed by atoms with van der Waals surface area (Å²) in [5.74, 6) is -0.0406. The van der Waals surface area contributed by atoms with Crippen molar-refractivity contribution in [2.45, 2.75) is 20.5 Å². The molecule has 1 aliphatic heterocycles. The topological polar surface area (TPSA) is 59.1 Å². The molecule has 0 saturated carbocycles. The Bertz CT molecular complexity index is 1580. The fourth-order valence-electron chi connectivity index (χ4n) is 4.43. The van der Waals surface area contributed by atoms with Gasteiger partial charge in [0.15, 0.2) is 16.6 Å². The van der Waals surface area contributed by atoms with Crippen LogP contribution in [0.2, 0.25) is 0 Å². The number of carbonyl (C=O) groups is 2. The zero-order valence-corrected chi connectivity index (χ0v) is 25.2. The lowest BCUT2D eigenvalue weighted by atomic mass is 10.0.